The van der Waals surface area contributed by atoms with Crippen LogP contribution in [0.5, 0.6) is 0 Å². The molecule has 0 heterocycles. The molecule has 0 saturated heterocycles. The van der Waals surface area contributed by atoms with E-state index in [0.29, 0.717) is 12.1 Å². The van der Waals surface area contributed by atoms with E-state index in [1.807, 2.05) is 13.8 Å². The van der Waals surface area contributed by atoms with Crippen LogP contribution in [0.1, 0.15) is 27.7 Å². The zero-order valence-electron chi connectivity index (χ0n) is 9.30. The molecule has 13 heavy (non-hydrogen) atoms. The first kappa shape index (κ1) is 12.9. The largest absolute Gasteiger partial charge is 0.380 e. The van der Waals surface area contributed by atoms with Gasteiger partial charge in [0.05, 0.1) is 19.3 Å². The molecule has 0 aliphatic rings. The molecule has 3 nitrogen and oxygen atoms in total. The van der Waals surface area contributed by atoms with Crippen LogP contribution >= 0.6 is 0 Å². The third kappa shape index (κ3) is 8.22. The maximum absolute atomic E-state index is 5.35. The van der Waals surface area contributed by atoms with Crippen LogP contribution in [0.3, 0.4) is 0 Å². The summed E-state index contributed by atoms with van der Waals surface area (Å²) in [5.41, 5.74) is 0. The van der Waals surface area contributed by atoms with Gasteiger partial charge in [-0.05, 0) is 13.8 Å². The average Bonchev–Trinajstić information content (AvgIpc) is 2.09. The summed E-state index contributed by atoms with van der Waals surface area (Å²) in [5, 5.41) is 3.40. The predicted molar refractivity (Wildman–Crippen MR) is 55.0 cm³/mol. The Balaban J connectivity index is 3.60. The van der Waals surface area contributed by atoms with Gasteiger partial charge in [0, 0.05) is 19.3 Å². The quantitative estimate of drug-likeness (QED) is 0.626. The summed E-state index contributed by atoms with van der Waals surface area (Å²) in [5.74, 6) is 0. The lowest BCUT2D eigenvalue weighted by atomic mass is 10.3. The van der Waals surface area contributed by atoms with Crippen molar-refractivity contribution in [2.75, 3.05) is 26.4 Å². The number of nitrogens with one attached hydrogen (secondary N) is 1. The highest BCUT2D eigenvalue weighted by atomic mass is 16.5. The van der Waals surface area contributed by atoms with Gasteiger partial charge in [-0.2, -0.15) is 0 Å². The predicted octanol–water partition coefficient (Wildman–Crippen LogP) is 1.43. The van der Waals surface area contributed by atoms with Crippen LogP contribution in [0.2, 0.25) is 0 Å². The van der Waals surface area contributed by atoms with Crippen LogP contribution in [0, 0.1) is 0 Å². The third-order valence-corrected chi connectivity index (χ3v) is 1.62. The van der Waals surface area contributed by atoms with Crippen LogP contribution < -0.4 is 5.32 Å². The zero-order chi connectivity index (χ0) is 10.1. The van der Waals surface area contributed by atoms with Gasteiger partial charge in [-0.15, -0.1) is 0 Å². The maximum atomic E-state index is 5.35. The van der Waals surface area contributed by atoms with Crippen molar-refractivity contribution in [2.45, 2.75) is 39.8 Å². The Kier molecular flexibility index (Phi) is 8.40. The molecule has 0 aromatic heterocycles. The normalized spacial score (nSPS) is 11.5. The lowest BCUT2D eigenvalue weighted by molar-refractivity contribution is 0.0622. The first-order valence-corrected chi connectivity index (χ1v) is 5.12. The third-order valence-electron chi connectivity index (χ3n) is 1.62. The standard InChI is InChI=1S/C10H23NO2/c1-5-12-7-10(8-13-6-2)11-9(3)4/h9-11H,5-8H2,1-4H3. The lowest BCUT2D eigenvalue weighted by Gasteiger charge is -2.20. The van der Waals surface area contributed by atoms with Gasteiger partial charge in [-0.25, -0.2) is 0 Å². The summed E-state index contributed by atoms with van der Waals surface area (Å²) in [4.78, 5) is 0. The fourth-order valence-electron chi connectivity index (χ4n) is 1.14. The monoisotopic (exact) mass is 189 g/mol. The summed E-state index contributed by atoms with van der Waals surface area (Å²) in [6, 6.07) is 0.797. The Morgan fingerprint density at radius 2 is 1.46 bits per heavy atom. The molecular weight excluding hydrogens is 166 g/mol. The van der Waals surface area contributed by atoms with E-state index in [-0.39, 0.29) is 0 Å². The smallest absolute Gasteiger partial charge is 0.0642 e. The molecule has 3 heteroatoms. The Hall–Kier alpha value is -0.120. The lowest BCUT2D eigenvalue weighted by Crippen LogP contribution is -2.41. The number of ether oxygens (including phenoxy) is 2. The van der Waals surface area contributed by atoms with Gasteiger partial charge in [0.15, 0.2) is 0 Å². The van der Waals surface area contributed by atoms with Crippen LogP contribution in [-0.4, -0.2) is 38.5 Å². The first-order valence-electron chi connectivity index (χ1n) is 5.12. The minimum atomic E-state index is 0.319. The van der Waals surface area contributed by atoms with E-state index < -0.39 is 0 Å². The van der Waals surface area contributed by atoms with Crippen molar-refractivity contribution in [3.63, 3.8) is 0 Å². The number of hydrogen-bond acceptors (Lipinski definition) is 3. The average molecular weight is 189 g/mol. The minimum absolute atomic E-state index is 0.319. The molecule has 0 bridgehead atoms. The van der Waals surface area contributed by atoms with Crippen molar-refractivity contribution in [1.29, 1.82) is 0 Å². The molecule has 0 amide bonds. The molecule has 0 aromatic rings. The number of hydrogen-bond donors (Lipinski definition) is 1. The van der Waals surface area contributed by atoms with Crippen molar-refractivity contribution in [3.05, 3.63) is 0 Å². The first-order chi connectivity index (χ1) is 6.20. The molecule has 0 unspecified atom stereocenters. The van der Waals surface area contributed by atoms with Gasteiger partial charge >= 0.3 is 0 Å². The van der Waals surface area contributed by atoms with Crippen LogP contribution in [-0.2, 0) is 9.47 Å². The summed E-state index contributed by atoms with van der Waals surface area (Å²) < 4.78 is 10.7. The van der Waals surface area contributed by atoms with E-state index in [4.69, 9.17) is 9.47 Å². The fraction of sp³-hybridized carbons (Fsp3) is 1.00. The topological polar surface area (TPSA) is 30.5 Å². The molecule has 0 aliphatic heterocycles. The van der Waals surface area contributed by atoms with Gasteiger partial charge in [0.25, 0.3) is 0 Å². The van der Waals surface area contributed by atoms with Crippen molar-refractivity contribution >= 4 is 0 Å². The minimum Gasteiger partial charge on any atom is -0.380 e. The molecule has 80 valence electrons. The highest BCUT2D eigenvalue weighted by Crippen LogP contribution is 1.91. The molecule has 1 N–H and O–H groups in total. The van der Waals surface area contributed by atoms with Gasteiger partial charge < -0.3 is 14.8 Å². The SMILES string of the molecule is CCOCC(COCC)NC(C)C. The highest BCUT2D eigenvalue weighted by molar-refractivity contribution is 4.67. The van der Waals surface area contributed by atoms with Crippen molar-refractivity contribution in [3.8, 4) is 0 Å². The van der Waals surface area contributed by atoms with E-state index >= 15 is 0 Å². The van der Waals surface area contributed by atoms with E-state index in [9.17, 15) is 0 Å². The second kappa shape index (κ2) is 8.48. The van der Waals surface area contributed by atoms with E-state index in [2.05, 4.69) is 19.2 Å². The fourth-order valence-corrected chi connectivity index (χ4v) is 1.14. The highest BCUT2D eigenvalue weighted by Gasteiger charge is 2.09. The molecule has 0 fully saturated rings. The van der Waals surface area contributed by atoms with Crippen molar-refractivity contribution in [2.24, 2.45) is 0 Å². The van der Waals surface area contributed by atoms with Crippen molar-refractivity contribution < 1.29 is 9.47 Å². The molecule has 0 radical (unpaired) electrons. The molecule has 0 atom stereocenters. The van der Waals surface area contributed by atoms with Crippen molar-refractivity contribution in [1.82, 2.24) is 5.32 Å². The second-order valence-electron chi connectivity index (χ2n) is 3.34. The second-order valence-corrected chi connectivity index (χ2v) is 3.34. The van der Waals surface area contributed by atoms with Gasteiger partial charge in [0.1, 0.15) is 0 Å². The molecule has 0 aromatic carbocycles. The van der Waals surface area contributed by atoms with E-state index in [0.717, 1.165) is 26.4 Å². The molecule has 0 saturated carbocycles. The van der Waals surface area contributed by atoms with Crippen LogP contribution in [0.25, 0.3) is 0 Å². The van der Waals surface area contributed by atoms with Crippen LogP contribution in [0.15, 0.2) is 0 Å². The zero-order valence-corrected chi connectivity index (χ0v) is 9.30. The summed E-state index contributed by atoms with van der Waals surface area (Å²) >= 11 is 0. The Bertz CT molecular complexity index is 99.1. The summed E-state index contributed by atoms with van der Waals surface area (Å²) in [6.07, 6.45) is 0. The van der Waals surface area contributed by atoms with Gasteiger partial charge in [-0.3, -0.25) is 0 Å². The molecule has 0 rings (SSSR count). The maximum Gasteiger partial charge on any atom is 0.0642 e. The Labute approximate surface area is 81.8 Å². The molecule has 0 spiro atoms. The Morgan fingerprint density at radius 3 is 1.77 bits per heavy atom. The van der Waals surface area contributed by atoms with Gasteiger partial charge in [-0.1, -0.05) is 13.8 Å². The van der Waals surface area contributed by atoms with E-state index in [1.54, 1.807) is 0 Å². The Morgan fingerprint density at radius 1 is 1.00 bits per heavy atom. The van der Waals surface area contributed by atoms with Crippen LogP contribution in [0.4, 0.5) is 0 Å². The molecular formula is C10H23NO2. The van der Waals surface area contributed by atoms with Gasteiger partial charge in [0.2, 0.25) is 0 Å². The number of rotatable bonds is 8. The van der Waals surface area contributed by atoms with E-state index in [1.165, 1.54) is 0 Å². The summed E-state index contributed by atoms with van der Waals surface area (Å²) in [6.45, 7) is 11.3. The molecule has 0 aliphatic carbocycles. The summed E-state index contributed by atoms with van der Waals surface area (Å²) in [7, 11) is 0.